The second-order valence-corrected chi connectivity index (χ2v) is 4.96. The molecule has 0 N–H and O–H groups in total. The van der Waals surface area contributed by atoms with Crippen molar-refractivity contribution in [3.8, 4) is 0 Å². The largest absolute Gasteiger partial charge is 0.408 e. The Kier molecular flexibility index (Phi) is 3.92. The topological polar surface area (TPSA) is 38.5 Å². The minimum atomic E-state index is -2.92. The highest BCUT2D eigenvalue weighted by Gasteiger charge is 2.48. The lowest BCUT2D eigenvalue weighted by atomic mass is 10.4. The maximum atomic E-state index is 12.0. The van der Waals surface area contributed by atoms with Gasteiger partial charge in [0.1, 0.15) is 0 Å². The summed E-state index contributed by atoms with van der Waals surface area (Å²) in [4.78, 5) is 0. The normalized spacial score (nSPS) is 27.6. The molecule has 0 aliphatic carbocycles. The molecule has 1 heterocycles. The van der Waals surface area contributed by atoms with Crippen molar-refractivity contribution in [1.29, 1.82) is 0 Å². The van der Waals surface area contributed by atoms with Gasteiger partial charge >= 0.3 is 7.75 Å². The SMILES string of the molecule is CCOP(=O)(OCC)N1CC1CC. The molecular formula is C8H18NO3P. The van der Waals surface area contributed by atoms with Crippen LogP contribution in [0.2, 0.25) is 0 Å². The Balaban J connectivity index is 2.53. The first-order valence-corrected chi connectivity index (χ1v) is 6.33. The Hall–Kier alpha value is 0.110. The van der Waals surface area contributed by atoms with Crippen LogP contribution in [0.1, 0.15) is 27.2 Å². The first-order chi connectivity index (χ1) is 6.18. The molecule has 0 bridgehead atoms. The van der Waals surface area contributed by atoms with Gasteiger partial charge in [-0.3, -0.25) is 9.05 Å². The second kappa shape index (κ2) is 4.56. The van der Waals surface area contributed by atoms with Crippen LogP contribution in [0.15, 0.2) is 0 Å². The van der Waals surface area contributed by atoms with Gasteiger partial charge in [0.25, 0.3) is 0 Å². The predicted molar refractivity (Wildman–Crippen MR) is 51.6 cm³/mol. The molecule has 0 aromatic heterocycles. The molecule has 1 rings (SSSR count). The Morgan fingerprint density at radius 1 is 1.31 bits per heavy atom. The molecule has 1 fully saturated rings. The Labute approximate surface area is 79.8 Å². The van der Waals surface area contributed by atoms with E-state index >= 15 is 0 Å². The summed E-state index contributed by atoms with van der Waals surface area (Å²) in [7, 11) is -2.92. The van der Waals surface area contributed by atoms with Crippen LogP contribution in [-0.4, -0.2) is 30.5 Å². The van der Waals surface area contributed by atoms with Crippen LogP contribution in [0, 0.1) is 0 Å². The molecule has 2 unspecified atom stereocenters. The number of rotatable bonds is 6. The molecule has 4 nitrogen and oxygen atoms in total. The fourth-order valence-electron chi connectivity index (χ4n) is 1.32. The predicted octanol–water partition coefficient (Wildman–Crippen LogP) is 2.26. The van der Waals surface area contributed by atoms with Crippen molar-refractivity contribution in [2.45, 2.75) is 33.2 Å². The average molecular weight is 207 g/mol. The fourth-order valence-corrected chi connectivity index (χ4v) is 3.30. The second-order valence-electron chi connectivity index (χ2n) is 2.99. The van der Waals surface area contributed by atoms with E-state index in [-0.39, 0.29) is 0 Å². The Bertz CT molecular complexity index is 200. The maximum Gasteiger partial charge on any atom is 0.408 e. The van der Waals surface area contributed by atoms with Crippen LogP contribution in [0.4, 0.5) is 0 Å². The number of hydrogen-bond acceptors (Lipinski definition) is 3. The van der Waals surface area contributed by atoms with Gasteiger partial charge in [0.2, 0.25) is 0 Å². The quantitative estimate of drug-likeness (QED) is 0.494. The summed E-state index contributed by atoms with van der Waals surface area (Å²) in [5, 5.41) is 0. The molecular weight excluding hydrogens is 189 g/mol. The van der Waals surface area contributed by atoms with Crippen molar-refractivity contribution >= 4 is 7.75 Å². The van der Waals surface area contributed by atoms with Crippen LogP contribution >= 0.6 is 7.75 Å². The van der Waals surface area contributed by atoms with Gasteiger partial charge in [-0.1, -0.05) is 6.92 Å². The Morgan fingerprint density at radius 2 is 1.85 bits per heavy atom. The van der Waals surface area contributed by atoms with Gasteiger partial charge in [0.15, 0.2) is 0 Å². The minimum Gasteiger partial charge on any atom is -0.297 e. The van der Waals surface area contributed by atoms with Gasteiger partial charge in [0.05, 0.1) is 13.2 Å². The van der Waals surface area contributed by atoms with Crippen molar-refractivity contribution in [3.63, 3.8) is 0 Å². The van der Waals surface area contributed by atoms with Gasteiger partial charge in [-0.05, 0) is 20.3 Å². The van der Waals surface area contributed by atoms with Crippen LogP contribution < -0.4 is 0 Å². The summed E-state index contributed by atoms with van der Waals surface area (Å²) in [6.07, 6.45) is 1.00. The van der Waals surface area contributed by atoms with E-state index in [2.05, 4.69) is 6.92 Å². The van der Waals surface area contributed by atoms with E-state index in [0.717, 1.165) is 13.0 Å². The third-order valence-corrected chi connectivity index (χ3v) is 4.34. The monoisotopic (exact) mass is 207 g/mol. The molecule has 0 aromatic rings. The van der Waals surface area contributed by atoms with Crippen LogP contribution in [0.25, 0.3) is 0 Å². The van der Waals surface area contributed by atoms with E-state index < -0.39 is 7.75 Å². The summed E-state index contributed by atoms with van der Waals surface area (Å²) in [6, 6.07) is 0.393. The van der Waals surface area contributed by atoms with E-state index in [1.165, 1.54) is 0 Å². The summed E-state index contributed by atoms with van der Waals surface area (Å²) >= 11 is 0. The molecule has 78 valence electrons. The summed E-state index contributed by atoms with van der Waals surface area (Å²) in [5.74, 6) is 0. The standard InChI is InChI=1S/C8H18NO3P/c1-4-8-7-9(8)13(10,11-5-2)12-6-3/h8H,4-7H2,1-3H3. The average Bonchev–Trinajstić information content (AvgIpc) is 2.84. The van der Waals surface area contributed by atoms with Crippen LogP contribution in [0.3, 0.4) is 0 Å². The zero-order valence-electron chi connectivity index (χ0n) is 8.52. The lowest BCUT2D eigenvalue weighted by Gasteiger charge is -2.17. The third kappa shape index (κ3) is 2.53. The van der Waals surface area contributed by atoms with Crippen molar-refractivity contribution in [3.05, 3.63) is 0 Å². The third-order valence-electron chi connectivity index (χ3n) is 2.06. The van der Waals surface area contributed by atoms with E-state index in [1.807, 2.05) is 18.5 Å². The highest BCUT2D eigenvalue weighted by molar-refractivity contribution is 7.51. The van der Waals surface area contributed by atoms with Crippen molar-refractivity contribution in [1.82, 2.24) is 4.67 Å². The zero-order chi connectivity index (χ0) is 9.90. The zero-order valence-corrected chi connectivity index (χ0v) is 9.42. The molecule has 1 aliphatic heterocycles. The van der Waals surface area contributed by atoms with E-state index in [1.54, 1.807) is 0 Å². The smallest absolute Gasteiger partial charge is 0.297 e. The highest BCUT2D eigenvalue weighted by Crippen LogP contribution is 2.58. The van der Waals surface area contributed by atoms with Crippen molar-refractivity contribution in [2.24, 2.45) is 0 Å². The van der Waals surface area contributed by atoms with Crippen LogP contribution in [0.5, 0.6) is 0 Å². The van der Waals surface area contributed by atoms with E-state index in [4.69, 9.17) is 9.05 Å². The van der Waals surface area contributed by atoms with Gasteiger partial charge < -0.3 is 0 Å². The lowest BCUT2D eigenvalue weighted by Crippen LogP contribution is -2.06. The first-order valence-electron chi connectivity index (χ1n) is 4.84. The van der Waals surface area contributed by atoms with Crippen molar-refractivity contribution in [2.75, 3.05) is 19.8 Å². The van der Waals surface area contributed by atoms with Gasteiger partial charge in [0, 0.05) is 12.6 Å². The molecule has 13 heavy (non-hydrogen) atoms. The molecule has 2 atom stereocenters. The van der Waals surface area contributed by atoms with E-state index in [0.29, 0.717) is 19.3 Å². The molecule has 0 spiro atoms. The van der Waals surface area contributed by atoms with Crippen LogP contribution in [-0.2, 0) is 13.6 Å². The number of nitrogens with zero attached hydrogens (tertiary/aromatic N) is 1. The van der Waals surface area contributed by atoms with Gasteiger partial charge in [-0.2, -0.15) is 0 Å². The molecule has 1 aliphatic rings. The molecule has 0 amide bonds. The van der Waals surface area contributed by atoms with Gasteiger partial charge in [-0.25, -0.2) is 9.24 Å². The molecule has 5 heteroatoms. The Morgan fingerprint density at radius 3 is 2.15 bits per heavy atom. The molecule has 1 saturated heterocycles. The summed E-state index contributed by atoms with van der Waals surface area (Å²) in [5.41, 5.74) is 0. The molecule has 0 aromatic carbocycles. The summed E-state index contributed by atoms with van der Waals surface area (Å²) in [6.45, 7) is 7.45. The molecule has 0 radical (unpaired) electrons. The summed E-state index contributed by atoms with van der Waals surface area (Å²) < 4.78 is 24.2. The van der Waals surface area contributed by atoms with Gasteiger partial charge in [-0.15, -0.1) is 0 Å². The lowest BCUT2D eigenvalue weighted by molar-refractivity contribution is 0.194. The minimum absolute atomic E-state index is 0.393. The van der Waals surface area contributed by atoms with Crippen molar-refractivity contribution < 1.29 is 13.6 Å². The maximum absolute atomic E-state index is 12.0. The number of hydrogen-bond donors (Lipinski definition) is 0. The van der Waals surface area contributed by atoms with E-state index in [9.17, 15) is 4.57 Å². The first kappa shape index (κ1) is 11.2. The molecule has 0 saturated carbocycles. The fraction of sp³-hybridized carbons (Fsp3) is 1.00. The highest BCUT2D eigenvalue weighted by atomic mass is 31.2.